The second kappa shape index (κ2) is 2.24. The van der Waals surface area contributed by atoms with E-state index in [0.29, 0.717) is 0 Å². The quantitative estimate of drug-likeness (QED) is 0.484. The molecule has 2 heteroatoms. The van der Waals surface area contributed by atoms with Crippen molar-refractivity contribution in [2.75, 3.05) is 0 Å². The lowest BCUT2D eigenvalue weighted by atomic mass is 10.3. The fourth-order valence-corrected chi connectivity index (χ4v) is 0. The highest BCUT2D eigenvalue weighted by Gasteiger charge is 1.96. The van der Waals surface area contributed by atoms with Crippen LogP contribution in [0.3, 0.4) is 0 Å². The van der Waals surface area contributed by atoms with Crippen LogP contribution >= 0.6 is 12.6 Å². The molecule has 0 aromatic heterocycles. The smallest absolute Gasteiger partial charge is 0.142 e. The normalized spacial score (nSPS) is 13.8. The van der Waals surface area contributed by atoms with E-state index in [9.17, 15) is 4.79 Å². The van der Waals surface area contributed by atoms with Gasteiger partial charge < -0.3 is 0 Å². The summed E-state index contributed by atoms with van der Waals surface area (Å²) in [6.07, 6.45) is 0. The first-order valence-electron chi connectivity index (χ1n) is 1.66. The lowest BCUT2D eigenvalue weighted by Gasteiger charge is -1.89. The SMILES string of the molecule is [CH2]C(S)C(C)=O. The van der Waals surface area contributed by atoms with E-state index in [1.165, 1.54) is 6.92 Å². The van der Waals surface area contributed by atoms with Gasteiger partial charge in [0.15, 0.2) is 0 Å². The predicted octanol–water partition coefficient (Wildman–Crippen LogP) is 0.708. The summed E-state index contributed by atoms with van der Waals surface area (Å²) in [5.41, 5.74) is 0. The maximum Gasteiger partial charge on any atom is 0.142 e. The van der Waals surface area contributed by atoms with Gasteiger partial charge >= 0.3 is 0 Å². The minimum absolute atomic E-state index is 0.0123. The minimum Gasteiger partial charge on any atom is -0.299 e. The van der Waals surface area contributed by atoms with E-state index in [0.717, 1.165) is 0 Å². The Hall–Kier alpha value is 0.0200. The van der Waals surface area contributed by atoms with Crippen LogP contribution in [-0.2, 0) is 4.79 Å². The second-order valence-corrected chi connectivity index (χ2v) is 1.75. The first kappa shape index (κ1) is 6.02. The zero-order valence-corrected chi connectivity index (χ0v) is 4.53. The molecular weight excluding hydrogens is 96.1 g/mol. The van der Waals surface area contributed by atoms with Gasteiger partial charge in [0.25, 0.3) is 0 Å². The Bertz CT molecular complexity index is 58.6. The molecule has 0 N–H and O–H groups in total. The van der Waals surface area contributed by atoms with Crippen LogP contribution in [0.2, 0.25) is 0 Å². The van der Waals surface area contributed by atoms with E-state index in [1.807, 2.05) is 0 Å². The summed E-state index contributed by atoms with van der Waals surface area (Å²) in [5, 5.41) is -0.343. The van der Waals surface area contributed by atoms with Crippen LogP contribution in [0.15, 0.2) is 0 Å². The van der Waals surface area contributed by atoms with Gasteiger partial charge in [-0.15, -0.1) is 0 Å². The number of ketones is 1. The summed E-state index contributed by atoms with van der Waals surface area (Å²) in [4.78, 5) is 10.0. The molecule has 1 nitrogen and oxygen atoms in total. The van der Waals surface area contributed by atoms with Gasteiger partial charge in [0.2, 0.25) is 0 Å². The van der Waals surface area contributed by atoms with Gasteiger partial charge in [-0.25, -0.2) is 0 Å². The van der Waals surface area contributed by atoms with Crippen molar-refractivity contribution >= 4 is 18.4 Å². The van der Waals surface area contributed by atoms with Crippen LogP contribution in [0.4, 0.5) is 0 Å². The molecule has 0 rings (SSSR count). The Morgan fingerprint density at radius 1 is 2.00 bits per heavy atom. The summed E-state index contributed by atoms with van der Waals surface area (Å²) in [5.74, 6) is 0.0123. The van der Waals surface area contributed by atoms with E-state index in [-0.39, 0.29) is 11.0 Å². The third-order valence-corrected chi connectivity index (χ3v) is 0.833. The molecule has 0 aliphatic heterocycles. The van der Waals surface area contributed by atoms with Crippen LogP contribution in [0.1, 0.15) is 6.92 Å². The summed E-state index contributed by atoms with van der Waals surface area (Å²) in [7, 11) is 0. The monoisotopic (exact) mass is 103 g/mol. The van der Waals surface area contributed by atoms with Gasteiger partial charge in [-0.2, -0.15) is 12.6 Å². The zero-order chi connectivity index (χ0) is 5.15. The van der Waals surface area contributed by atoms with Crippen LogP contribution in [0, 0.1) is 6.92 Å². The highest BCUT2D eigenvalue weighted by Crippen LogP contribution is 1.89. The Kier molecular flexibility index (Phi) is 2.25. The highest BCUT2D eigenvalue weighted by atomic mass is 32.1. The molecule has 35 valence electrons. The van der Waals surface area contributed by atoms with E-state index in [1.54, 1.807) is 0 Å². The molecule has 1 atom stereocenters. The molecule has 0 aromatic rings. The zero-order valence-electron chi connectivity index (χ0n) is 3.64. The first-order chi connectivity index (χ1) is 2.64. The minimum atomic E-state index is -0.343. The van der Waals surface area contributed by atoms with Crippen LogP contribution < -0.4 is 0 Å². The van der Waals surface area contributed by atoms with Gasteiger partial charge in [0.05, 0.1) is 5.25 Å². The average Bonchev–Trinajstić information content (AvgIpc) is 1.36. The summed E-state index contributed by atoms with van der Waals surface area (Å²) >= 11 is 3.73. The number of thiol groups is 1. The molecule has 0 aliphatic rings. The van der Waals surface area contributed by atoms with Gasteiger partial charge in [-0.3, -0.25) is 4.79 Å². The van der Waals surface area contributed by atoms with Crippen LogP contribution in [0.25, 0.3) is 0 Å². The van der Waals surface area contributed by atoms with Crippen molar-refractivity contribution in [2.45, 2.75) is 12.2 Å². The molecule has 0 fully saturated rings. The maximum atomic E-state index is 10.0. The van der Waals surface area contributed by atoms with Crippen molar-refractivity contribution in [3.63, 3.8) is 0 Å². The molecule has 0 heterocycles. The van der Waals surface area contributed by atoms with Crippen molar-refractivity contribution in [2.24, 2.45) is 0 Å². The van der Waals surface area contributed by atoms with Crippen molar-refractivity contribution in [3.8, 4) is 0 Å². The fraction of sp³-hybridized carbons (Fsp3) is 0.500. The molecule has 0 bridgehead atoms. The molecule has 1 radical (unpaired) electrons. The number of hydrogen-bond donors (Lipinski definition) is 1. The molecule has 0 spiro atoms. The molecule has 0 saturated carbocycles. The number of carbonyl (C=O) groups excluding carboxylic acids is 1. The topological polar surface area (TPSA) is 17.1 Å². The third-order valence-electron chi connectivity index (χ3n) is 0.469. The Morgan fingerprint density at radius 2 is 2.17 bits per heavy atom. The summed E-state index contributed by atoms with van der Waals surface area (Å²) in [6, 6.07) is 0. The third kappa shape index (κ3) is 2.27. The first-order valence-corrected chi connectivity index (χ1v) is 2.18. The fourth-order valence-electron chi connectivity index (χ4n) is 0. The van der Waals surface area contributed by atoms with Gasteiger partial charge in [0, 0.05) is 0 Å². The van der Waals surface area contributed by atoms with Crippen LogP contribution in [0.5, 0.6) is 0 Å². The lowest BCUT2D eigenvalue weighted by Crippen LogP contribution is -2.03. The van der Waals surface area contributed by atoms with Gasteiger partial charge in [0.1, 0.15) is 5.78 Å². The standard InChI is InChI=1S/C4H7OS/c1-3(5)4(2)6/h4,6H,2H2,1H3. The lowest BCUT2D eigenvalue weighted by molar-refractivity contribution is -0.115. The average molecular weight is 103 g/mol. The van der Waals surface area contributed by atoms with Crippen molar-refractivity contribution in [3.05, 3.63) is 6.92 Å². The van der Waals surface area contributed by atoms with E-state index in [2.05, 4.69) is 19.6 Å². The molecule has 6 heavy (non-hydrogen) atoms. The van der Waals surface area contributed by atoms with Gasteiger partial charge in [-0.1, -0.05) is 0 Å². The maximum absolute atomic E-state index is 10.0. The van der Waals surface area contributed by atoms with E-state index >= 15 is 0 Å². The Morgan fingerprint density at radius 3 is 2.17 bits per heavy atom. The highest BCUT2D eigenvalue weighted by molar-refractivity contribution is 7.81. The molecule has 0 aromatic carbocycles. The molecule has 0 amide bonds. The number of carbonyl (C=O) groups is 1. The predicted molar refractivity (Wildman–Crippen MR) is 28.8 cm³/mol. The largest absolute Gasteiger partial charge is 0.299 e. The summed E-state index contributed by atoms with van der Waals surface area (Å²) in [6.45, 7) is 4.82. The Balaban J connectivity index is 3.26. The van der Waals surface area contributed by atoms with Crippen LogP contribution in [-0.4, -0.2) is 11.0 Å². The van der Waals surface area contributed by atoms with Crippen molar-refractivity contribution in [1.29, 1.82) is 0 Å². The molecule has 1 unspecified atom stereocenters. The summed E-state index contributed by atoms with van der Waals surface area (Å²) < 4.78 is 0. The van der Waals surface area contributed by atoms with Crippen molar-refractivity contribution < 1.29 is 4.79 Å². The number of Topliss-reactive ketones (excluding diaryl/α,β-unsaturated/α-hetero) is 1. The molecule has 0 aliphatic carbocycles. The number of hydrogen-bond acceptors (Lipinski definition) is 2. The molecule has 0 saturated heterocycles. The van der Waals surface area contributed by atoms with Gasteiger partial charge in [-0.05, 0) is 13.8 Å². The van der Waals surface area contributed by atoms with E-state index < -0.39 is 0 Å². The molecular formula is C4H7OS. The Labute approximate surface area is 43.2 Å². The van der Waals surface area contributed by atoms with E-state index in [4.69, 9.17) is 0 Å². The second-order valence-electron chi connectivity index (χ2n) is 1.13. The number of rotatable bonds is 1. The van der Waals surface area contributed by atoms with Crippen molar-refractivity contribution in [1.82, 2.24) is 0 Å².